The van der Waals surface area contributed by atoms with Crippen LogP contribution in [0.15, 0.2) is 0 Å². The second kappa shape index (κ2) is 6.21. The fourth-order valence-corrected chi connectivity index (χ4v) is 2.19. The van der Waals surface area contributed by atoms with Gasteiger partial charge in [-0.2, -0.15) is 4.98 Å². The lowest BCUT2D eigenvalue weighted by atomic mass is 9.86. The van der Waals surface area contributed by atoms with Crippen molar-refractivity contribution in [2.45, 2.75) is 26.2 Å². The summed E-state index contributed by atoms with van der Waals surface area (Å²) in [6, 6.07) is 0. The summed E-state index contributed by atoms with van der Waals surface area (Å²) in [7, 11) is 1.54. The van der Waals surface area contributed by atoms with E-state index in [1.165, 1.54) is 11.8 Å². The number of carbonyl (C=O) groups excluding carboxylic acids is 1. The van der Waals surface area contributed by atoms with Gasteiger partial charge in [0, 0.05) is 7.05 Å². The molecule has 0 spiro atoms. The minimum Gasteiger partial charge on any atom is -0.444 e. The number of halogens is 1. The van der Waals surface area contributed by atoms with Crippen LogP contribution < -0.4 is 4.90 Å². The summed E-state index contributed by atoms with van der Waals surface area (Å²) in [6.45, 7) is 1.35. The van der Waals surface area contributed by atoms with E-state index in [-0.39, 0.29) is 41.1 Å². The van der Waals surface area contributed by atoms with Gasteiger partial charge in [0.25, 0.3) is 0 Å². The Kier molecular flexibility index (Phi) is 4.56. The van der Waals surface area contributed by atoms with Gasteiger partial charge in [-0.1, -0.05) is 6.42 Å². The van der Waals surface area contributed by atoms with Crippen LogP contribution in [0, 0.1) is 23.0 Å². The first-order valence-electron chi connectivity index (χ1n) is 6.46. The van der Waals surface area contributed by atoms with Crippen LogP contribution >= 0.6 is 11.6 Å². The topological polar surface area (TPSA) is 98.5 Å². The third-order valence-corrected chi connectivity index (χ3v) is 3.56. The molecule has 21 heavy (non-hydrogen) atoms. The molecule has 8 nitrogen and oxygen atoms in total. The van der Waals surface area contributed by atoms with Crippen molar-refractivity contribution in [1.82, 2.24) is 9.97 Å². The number of carbonyl (C=O) groups is 1. The molecule has 0 bridgehead atoms. The quantitative estimate of drug-likeness (QED) is 0.270. The number of nitrogens with zero attached hydrogens (tertiary/aromatic N) is 4. The lowest BCUT2D eigenvalue weighted by molar-refractivity contribution is -0.385. The number of hydrogen-bond donors (Lipinski definition) is 0. The summed E-state index contributed by atoms with van der Waals surface area (Å²) in [5.41, 5.74) is -0.0891. The fraction of sp³-hybridized carbons (Fsp3) is 0.583. The first-order chi connectivity index (χ1) is 9.90. The van der Waals surface area contributed by atoms with Crippen LogP contribution in [0.5, 0.6) is 0 Å². The molecule has 1 aliphatic rings. The SMILES string of the molecule is Cc1nc(Cl)nc(N(C)COC(=O)C2CCC2)c1[N+](=O)[O-]. The molecule has 0 N–H and O–H groups in total. The van der Waals surface area contributed by atoms with Crippen molar-refractivity contribution < 1.29 is 14.5 Å². The zero-order chi connectivity index (χ0) is 15.6. The summed E-state index contributed by atoms with van der Waals surface area (Å²) in [5, 5.41) is 11.0. The van der Waals surface area contributed by atoms with Crippen LogP contribution in [0.3, 0.4) is 0 Å². The highest BCUT2D eigenvalue weighted by atomic mass is 35.5. The van der Waals surface area contributed by atoms with Gasteiger partial charge in [-0.05, 0) is 31.4 Å². The molecular formula is C12H15ClN4O4. The molecule has 114 valence electrons. The van der Waals surface area contributed by atoms with Crippen LogP contribution in [0.2, 0.25) is 5.28 Å². The summed E-state index contributed by atoms with van der Waals surface area (Å²) in [6.07, 6.45) is 2.70. The van der Waals surface area contributed by atoms with Crippen molar-refractivity contribution in [3.05, 3.63) is 21.1 Å². The Hall–Kier alpha value is -1.96. The number of aryl methyl sites for hydroxylation is 1. The zero-order valence-corrected chi connectivity index (χ0v) is 12.5. The van der Waals surface area contributed by atoms with Gasteiger partial charge in [0.05, 0.1) is 10.8 Å². The summed E-state index contributed by atoms with van der Waals surface area (Å²) in [5.74, 6) is -0.310. The van der Waals surface area contributed by atoms with E-state index in [0.29, 0.717) is 0 Å². The maximum absolute atomic E-state index is 11.7. The van der Waals surface area contributed by atoms with Crippen LogP contribution in [0.25, 0.3) is 0 Å². The van der Waals surface area contributed by atoms with E-state index >= 15 is 0 Å². The standard InChI is InChI=1S/C12H15ClN4O4/c1-7-9(17(19)20)10(15-12(13)14-7)16(2)6-21-11(18)8-4-3-5-8/h8H,3-6H2,1-2H3. The smallest absolute Gasteiger partial charge is 0.332 e. The van der Waals surface area contributed by atoms with Crippen molar-refractivity contribution >= 4 is 29.1 Å². The molecule has 1 aromatic heterocycles. The summed E-state index contributed by atoms with van der Waals surface area (Å²) < 4.78 is 5.14. The Labute approximate surface area is 126 Å². The number of anilines is 1. The molecule has 1 aromatic rings. The summed E-state index contributed by atoms with van der Waals surface area (Å²) >= 11 is 5.74. The Balaban J connectivity index is 2.12. The molecule has 0 unspecified atom stereocenters. The number of rotatable bonds is 5. The van der Waals surface area contributed by atoms with Gasteiger partial charge in [0.1, 0.15) is 5.69 Å². The van der Waals surface area contributed by atoms with Gasteiger partial charge in [-0.3, -0.25) is 14.9 Å². The van der Waals surface area contributed by atoms with E-state index in [2.05, 4.69) is 9.97 Å². The van der Waals surface area contributed by atoms with Crippen LogP contribution in [0.1, 0.15) is 25.0 Å². The molecule has 1 aliphatic carbocycles. The van der Waals surface area contributed by atoms with Crippen LogP contribution in [-0.4, -0.2) is 34.6 Å². The molecule has 1 heterocycles. The average molecular weight is 315 g/mol. The molecule has 1 fully saturated rings. The number of hydrogen-bond acceptors (Lipinski definition) is 7. The summed E-state index contributed by atoms with van der Waals surface area (Å²) in [4.78, 5) is 31.2. The number of esters is 1. The van der Waals surface area contributed by atoms with Crippen molar-refractivity contribution in [2.24, 2.45) is 5.92 Å². The molecule has 0 amide bonds. The molecule has 1 saturated carbocycles. The van der Waals surface area contributed by atoms with Crippen LogP contribution in [-0.2, 0) is 9.53 Å². The highest BCUT2D eigenvalue weighted by Crippen LogP contribution is 2.30. The predicted molar refractivity (Wildman–Crippen MR) is 75.1 cm³/mol. The van der Waals surface area contributed by atoms with Crippen molar-refractivity contribution in [3.8, 4) is 0 Å². The van der Waals surface area contributed by atoms with Crippen molar-refractivity contribution in [3.63, 3.8) is 0 Å². The van der Waals surface area contributed by atoms with E-state index in [0.717, 1.165) is 19.3 Å². The predicted octanol–water partition coefficient (Wildman–Crippen LogP) is 2.08. The normalized spacial score (nSPS) is 14.4. The molecule has 0 aromatic carbocycles. The Morgan fingerprint density at radius 3 is 2.71 bits per heavy atom. The first-order valence-corrected chi connectivity index (χ1v) is 6.84. The lowest BCUT2D eigenvalue weighted by Crippen LogP contribution is -2.30. The molecule has 0 radical (unpaired) electrons. The van der Waals surface area contributed by atoms with Gasteiger partial charge >= 0.3 is 11.7 Å². The molecule has 0 atom stereocenters. The lowest BCUT2D eigenvalue weighted by Gasteiger charge is -2.25. The molecule has 2 rings (SSSR count). The monoisotopic (exact) mass is 314 g/mol. The molecule has 0 aliphatic heterocycles. The maximum atomic E-state index is 11.7. The fourth-order valence-electron chi connectivity index (χ4n) is 1.98. The number of nitro groups is 1. The van der Waals surface area contributed by atoms with E-state index in [9.17, 15) is 14.9 Å². The van der Waals surface area contributed by atoms with Crippen LogP contribution in [0.4, 0.5) is 11.5 Å². The average Bonchev–Trinajstić information content (AvgIpc) is 2.32. The van der Waals surface area contributed by atoms with Crippen molar-refractivity contribution in [1.29, 1.82) is 0 Å². The minimum absolute atomic E-state index is 0.0268. The highest BCUT2D eigenvalue weighted by Gasteiger charge is 2.28. The van der Waals surface area contributed by atoms with E-state index in [1.54, 1.807) is 7.05 Å². The van der Waals surface area contributed by atoms with Gasteiger partial charge in [-0.15, -0.1) is 0 Å². The van der Waals surface area contributed by atoms with Gasteiger partial charge in [-0.25, -0.2) is 4.98 Å². The highest BCUT2D eigenvalue weighted by molar-refractivity contribution is 6.28. The van der Waals surface area contributed by atoms with E-state index in [1.807, 2.05) is 0 Å². The van der Waals surface area contributed by atoms with E-state index in [4.69, 9.17) is 16.3 Å². The Morgan fingerprint density at radius 2 is 2.19 bits per heavy atom. The number of ether oxygens (including phenoxy) is 1. The van der Waals surface area contributed by atoms with Gasteiger partial charge < -0.3 is 9.64 Å². The first kappa shape index (κ1) is 15.4. The van der Waals surface area contributed by atoms with Gasteiger partial charge in [0.2, 0.25) is 11.1 Å². The maximum Gasteiger partial charge on any atom is 0.332 e. The minimum atomic E-state index is -0.578. The largest absolute Gasteiger partial charge is 0.444 e. The van der Waals surface area contributed by atoms with Crippen molar-refractivity contribution in [2.75, 3.05) is 18.7 Å². The third kappa shape index (κ3) is 3.38. The Morgan fingerprint density at radius 1 is 1.52 bits per heavy atom. The molecular weight excluding hydrogens is 300 g/mol. The number of aromatic nitrogens is 2. The van der Waals surface area contributed by atoms with E-state index < -0.39 is 4.92 Å². The van der Waals surface area contributed by atoms with Gasteiger partial charge in [0.15, 0.2) is 6.73 Å². The molecule has 0 saturated heterocycles. The second-order valence-electron chi connectivity index (χ2n) is 4.93. The third-order valence-electron chi connectivity index (χ3n) is 3.40. The Bertz CT molecular complexity index is 577. The second-order valence-corrected chi connectivity index (χ2v) is 5.26. The zero-order valence-electron chi connectivity index (χ0n) is 11.7. The molecule has 9 heteroatoms.